The number of rotatable bonds is 2. The summed E-state index contributed by atoms with van der Waals surface area (Å²) in [7, 11) is 0. The zero-order chi connectivity index (χ0) is 15.7. The Balaban J connectivity index is 1.91. The number of amides is 1. The van der Waals surface area contributed by atoms with Crippen LogP contribution in [-0.2, 0) is 0 Å². The minimum atomic E-state index is -0.281. The minimum absolute atomic E-state index is 0.0402. The van der Waals surface area contributed by atoms with Crippen LogP contribution in [0.5, 0.6) is 0 Å². The molecular weight excluding hydrogens is 323 g/mol. The van der Waals surface area contributed by atoms with Crippen molar-refractivity contribution < 1.29 is 4.79 Å². The molecule has 2 aromatic rings. The molecule has 22 heavy (non-hydrogen) atoms. The van der Waals surface area contributed by atoms with E-state index in [4.69, 9.17) is 23.2 Å². The van der Waals surface area contributed by atoms with Crippen LogP contribution in [0.4, 0.5) is 0 Å². The van der Waals surface area contributed by atoms with Crippen LogP contribution in [0, 0.1) is 0 Å². The zero-order valence-electron chi connectivity index (χ0n) is 11.7. The van der Waals surface area contributed by atoms with E-state index < -0.39 is 0 Å². The molecule has 114 valence electrons. The standard InChI is InChI=1S/C16H14Cl2N2O2/c17-12-4-3-10(8-13(12)18)14-2-1-7-20(14)16(22)11-5-6-19-15(21)9-11/h3-6,8-9,14H,1-2,7H2,(H,19,21)/t14-/m1/s1. The molecular formula is C16H14Cl2N2O2. The normalized spacial score (nSPS) is 17.7. The van der Waals surface area contributed by atoms with Crippen LogP contribution in [0.1, 0.15) is 34.8 Å². The van der Waals surface area contributed by atoms with Gasteiger partial charge in [0.15, 0.2) is 0 Å². The van der Waals surface area contributed by atoms with Crippen molar-refractivity contribution in [2.45, 2.75) is 18.9 Å². The Bertz CT molecular complexity index is 773. The first kappa shape index (κ1) is 15.1. The Morgan fingerprint density at radius 2 is 2.00 bits per heavy atom. The van der Waals surface area contributed by atoms with Crippen molar-refractivity contribution in [3.8, 4) is 0 Å². The molecule has 2 heterocycles. The monoisotopic (exact) mass is 336 g/mol. The number of halogens is 2. The number of aromatic amines is 1. The first-order valence-electron chi connectivity index (χ1n) is 7.01. The Morgan fingerprint density at radius 3 is 2.73 bits per heavy atom. The smallest absolute Gasteiger partial charge is 0.254 e. The van der Waals surface area contributed by atoms with Crippen molar-refractivity contribution in [2.24, 2.45) is 0 Å². The number of hydrogen-bond acceptors (Lipinski definition) is 2. The number of carbonyl (C=O) groups excluding carboxylic acids is 1. The van der Waals surface area contributed by atoms with Gasteiger partial charge in [-0.1, -0.05) is 29.3 Å². The van der Waals surface area contributed by atoms with E-state index >= 15 is 0 Å². The Kier molecular flexibility index (Phi) is 4.23. The van der Waals surface area contributed by atoms with Gasteiger partial charge >= 0.3 is 0 Å². The van der Waals surface area contributed by atoms with Crippen LogP contribution in [0.15, 0.2) is 41.3 Å². The molecule has 0 radical (unpaired) electrons. The van der Waals surface area contributed by atoms with E-state index in [1.54, 1.807) is 23.1 Å². The molecule has 1 saturated heterocycles. The van der Waals surface area contributed by atoms with Crippen molar-refractivity contribution in [3.63, 3.8) is 0 Å². The van der Waals surface area contributed by atoms with Gasteiger partial charge in [0, 0.05) is 24.4 Å². The Hall–Kier alpha value is -1.78. The van der Waals surface area contributed by atoms with Crippen LogP contribution in [0.2, 0.25) is 10.0 Å². The molecule has 1 aliphatic heterocycles. The van der Waals surface area contributed by atoms with Gasteiger partial charge in [0.25, 0.3) is 5.91 Å². The number of nitrogens with one attached hydrogen (secondary N) is 1. The molecule has 1 aromatic heterocycles. The molecule has 0 bridgehead atoms. The summed E-state index contributed by atoms with van der Waals surface area (Å²) in [5.41, 5.74) is 1.08. The van der Waals surface area contributed by atoms with E-state index in [1.807, 2.05) is 6.07 Å². The van der Waals surface area contributed by atoms with E-state index in [1.165, 1.54) is 12.3 Å². The fraction of sp³-hybridized carbons (Fsp3) is 0.250. The molecule has 1 atom stereocenters. The number of likely N-dealkylation sites (tertiary alicyclic amines) is 1. The molecule has 0 aliphatic carbocycles. The second-order valence-corrected chi connectivity index (χ2v) is 6.09. The third-order valence-electron chi connectivity index (χ3n) is 3.86. The van der Waals surface area contributed by atoms with Gasteiger partial charge in [-0.25, -0.2) is 0 Å². The number of pyridine rings is 1. The zero-order valence-corrected chi connectivity index (χ0v) is 13.2. The summed E-state index contributed by atoms with van der Waals surface area (Å²) in [6, 6.07) is 8.34. The molecule has 6 heteroatoms. The Labute approximate surface area is 137 Å². The predicted octanol–water partition coefficient (Wildman–Crippen LogP) is 3.66. The summed E-state index contributed by atoms with van der Waals surface area (Å²) in [4.78, 5) is 28.3. The summed E-state index contributed by atoms with van der Waals surface area (Å²) in [6.45, 7) is 0.663. The lowest BCUT2D eigenvalue weighted by atomic mass is 10.0. The summed E-state index contributed by atoms with van der Waals surface area (Å²) >= 11 is 12.0. The molecule has 1 amide bonds. The molecule has 0 unspecified atom stereocenters. The van der Waals surface area contributed by atoms with Gasteiger partial charge in [-0.3, -0.25) is 9.59 Å². The molecule has 0 saturated carbocycles. The molecule has 1 fully saturated rings. The van der Waals surface area contributed by atoms with Crippen molar-refractivity contribution in [1.29, 1.82) is 0 Å². The van der Waals surface area contributed by atoms with Crippen LogP contribution in [-0.4, -0.2) is 22.3 Å². The van der Waals surface area contributed by atoms with E-state index in [-0.39, 0.29) is 17.5 Å². The predicted molar refractivity (Wildman–Crippen MR) is 86.5 cm³/mol. The fourth-order valence-corrected chi connectivity index (χ4v) is 3.13. The van der Waals surface area contributed by atoms with Gasteiger partial charge in [0.05, 0.1) is 16.1 Å². The lowest BCUT2D eigenvalue weighted by molar-refractivity contribution is 0.0735. The van der Waals surface area contributed by atoms with Crippen molar-refractivity contribution in [2.75, 3.05) is 6.54 Å². The van der Waals surface area contributed by atoms with E-state index in [0.717, 1.165) is 18.4 Å². The molecule has 0 spiro atoms. The van der Waals surface area contributed by atoms with Crippen molar-refractivity contribution >= 4 is 29.1 Å². The largest absolute Gasteiger partial charge is 0.332 e. The molecule has 3 rings (SSSR count). The van der Waals surface area contributed by atoms with Crippen molar-refractivity contribution in [3.05, 3.63) is 68.1 Å². The number of carbonyl (C=O) groups is 1. The summed E-state index contributed by atoms with van der Waals surface area (Å²) in [6.07, 6.45) is 3.27. The number of nitrogens with zero attached hydrogens (tertiary/aromatic N) is 1. The quantitative estimate of drug-likeness (QED) is 0.909. The Morgan fingerprint density at radius 1 is 1.18 bits per heavy atom. The maximum absolute atomic E-state index is 12.6. The van der Waals surface area contributed by atoms with Crippen LogP contribution in [0.25, 0.3) is 0 Å². The number of H-pyrrole nitrogens is 1. The van der Waals surface area contributed by atoms with E-state index in [0.29, 0.717) is 22.2 Å². The van der Waals surface area contributed by atoms with E-state index in [9.17, 15) is 9.59 Å². The second-order valence-electron chi connectivity index (χ2n) is 5.27. The summed E-state index contributed by atoms with van der Waals surface area (Å²) < 4.78 is 0. The van der Waals surface area contributed by atoms with Crippen molar-refractivity contribution in [1.82, 2.24) is 9.88 Å². The summed E-state index contributed by atoms with van der Waals surface area (Å²) in [5.74, 6) is -0.139. The highest BCUT2D eigenvalue weighted by molar-refractivity contribution is 6.42. The highest BCUT2D eigenvalue weighted by Crippen LogP contribution is 2.35. The second kappa shape index (κ2) is 6.15. The maximum atomic E-state index is 12.6. The molecule has 1 aromatic carbocycles. The average Bonchev–Trinajstić information content (AvgIpc) is 2.98. The minimum Gasteiger partial charge on any atom is -0.332 e. The lowest BCUT2D eigenvalue weighted by Gasteiger charge is -2.25. The molecule has 1 aliphatic rings. The lowest BCUT2D eigenvalue weighted by Crippen LogP contribution is -2.31. The van der Waals surface area contributed by atoms with Crippen LogP contribution < -0.4 is 5.56 Å². The van der Waals surface area contributed by atoms with Gasteiger partial charge in [-0.2, -0.15) is 0 Å². The average molecular weight is 337 g/mol. The molecule has 4 nitrogen and oxygen atoms in total. The van der Waals surface area contributed by atoms with Crippen LogP contribution >= 0.6 is 23.2 Å². The number of benzene rings is 1. The third-order valence-corrected chi connectivity index (χ3v) is 4.60. The third kappa shape index (κ3) is 2.89. The van der Waals surface area contributed by atoms with E-state index in [2.05, 4.69) is 4.98 Å². The number of hydrogen-bond donors (Lipinski definition) is 1. The molecule has 1 N–H and O–H groups in total. The summed E-state index contributed by atoms with van der Waals surface area (Å²) in [5, 5.41) is 0.977. The van der Waals surface area contributed by atoms with Crippen LogP contribution in [0.3, 0.4) is 0 Å². The SMILES string of the molecule is O=C(c1cc[nH]c(=O)c1)N1CCC[C@@H]1c1ccc(Cl)c(Cl)c1. The maximum Gasteiger partial charge on any atom is 0.254 e. The highest BCUT2D eigenvalue weighted by atomic mass is 35.5. The highest BCUT2D eigenvalue weighted by Gasteiger charge is 2.30. The fourth-order valence-electron chi connectivity index (χ4n) is 2.82. The number of aromatic nitrogens is 1. The van der Waals surface area contributed by atoms with Gasteiger partial charge in [-0.15, -0.1) is 0 Å². The van der Waals surface area contributed by atoms with Gasteiger partial charge in [0.2, 0.25) is 5.56 Å². The topological polar surface area (TPSA) is 53.2 Å². The van der Waals surface area contributed by atoms with Gasteiger partial charge in [-0.05, 0) is 36.6 Å². The first-order chi connectivity index (χ1) is 10.6. The first-order valence-corrected chi connectivity index (χ1v) is 7.76. The van der Waals surface area contributed by atoms with Gasteiger partial charge < -0.3 is 9.88 Å². The van der Waals surface area contributed by atoms with Gasteiger partial charge in [0.1, 0.15) is 0 Å².